The van der Waals surface area contributed by atoms with Gasteiger partial charge in [-0.1, -0.05) is 84.5 Å². The lowest BCUT2D eigenvalue weighted by atomic mass is 10.1. The van der Waals surface area contributed by atoms with E-state index in [2.05, 4.69) is 13.8 Å². The summed E-state index contributed by atoms with van der Waals surface area (Å²) < 4.78 is 5.61. The molecule has 0 aromatic heterocycles. The van der Waals surface area contributed by atoms with Gasteiger partial charge in [-0.2, -0.15) is 0 Å². The fourth-order valence-electron chi connectivity index (χ4n) is 2.37. The Kier molecular flexibility index (Phi) is 16.8. The normalized spacial score (nSPS) is 10.7. The molecule has 0 spiro atoms. The summed E-state index contributed by atoms with van der Waals surface area (Å²) in [5.41, 5.74) is 0. The molecule has 0 radical (unpaired) electrons. The first-order valence-electron chi connectivity index (χ1n) is 8.96. The Morgan fingerprint density at radius 1 is 0.650 bits per heavy atom. The number of hydrogen-bond acceptors (Lipinski definition) is 2. The highest BCUT2D eigenvalue weighted by molar-refractivity contribution is 7.80. The molecule has 0 atom stereocenters. The van der Waals surface area contributed by atoms with Crippen LogP contribution < -0.4 is 0 Å². The summed E-state index contributed by atoms with van der Waals surface area (Å²) >= 11 is 5.24. The van der Waals surface area contributed by atoms with E-state index >= 15 is 0 Å². The summed E-state index contributed by atoms with van der Waals surface area (Å²) in [6.45, 7) is 5.34. The van der Waals surface area contributed by atoms with Gasteiger partial charge in [-0.3, -0.25) is 0 Å². The van der Waals surface area contributed by atoms with Crippen LogP contribution >= 0.6 is 12.2 Å². The van der Waals surface area contributed by atoms with Crippen molar-refractivity contribution >= 4 is 17.3 Å². The minimum atomic E-state index is 0.834. The first-order valence-corrected chi connectivity index (χ1v) is 9.37. The van der Waals surface area contributed by atoms with Crippen LogP contribution in [0.25, 0.3) is 0 Å². The number of thiocarbonyl (C=S) groups is 1. The minimum absolute atomic E-state index is 0.834. The van der Waals surface area contributed by atoms with Crippen molar-refractivity contribution < 1.29 is 4.74 Å². The van der Waals surface area contributed by atoms with Gasteiger partial charge in [0.15, 0.2) is 5.05 Å². The summed E-state index contributed by atoms with van der Waals surface area (Å²) in [7, 11) is 0. The van der Waals surface area contributed by atoms with Crippen LogP contribution in [0.5, 0.6) is 0 Å². The van der Waals surface area contributed by atoms with Gasteiger partial charge in [0.25, 0.3) is 0 Å². The number of ether oxygens (including phenoxy) is 1. The maximum Gasteiger partial charge on any atom is 0.159 e. The second-order valence-corrected chi connectivity index (χ2v) is 6.31. The van der Waals surface area contributed by atoms with Gasteiger partial charge >= 0.3 is 0 Å². The first kappa shape index (κ1) is 19.9. The highest BCUT2D eigenvalue weighted by Crippen LogP contribution is 2.10. The third kappa shape index (κ3) is 15.9. The molecule has 0 heterocycles. The Hall–Kier alpha value is -0.110. The fourth-order valence-corrected chi connectivity index (χ4v) is 2.59. The van der Waals surface area contributed by atoms with Gasteiger partial charge < -0.3 is 4.74 Å². The summed E-state index contributed by atoms with van der Waals surface area (Å²) in [5, 5.41) is 0.834. The fraction of sp³-hybridized carbons (Fsp3) is 0.944. The maximum atomic E-state index is 5.61. The second-order valence-electron chi connectivity index (χ2n) is 5.86. The number of hydrogen-bond donors (Lipinski definition) is 0. The van der Waals surface area contributed by atoms with Gasteiger partial charge in [-0.25, -0.2) is 0 Å². The molecule has 0 saturated heterocycles. The summed E-state index contributed by atoms with van der Waals surface area (Å²) in [5.74, 6) is 0. The van der Waals surface area contributed by atoms with Crippen LogP contribution in [0, 0.1) is 0 Å². The molecule has 1 nitrogen and oxygen atoms in total. The molecular formula is C18H36OS. The minimum Gasteiger partial charge on any atom is -0.487 e. The lowest BCUT2D eigenvalue weighted by molar-refractivity contribution is 0.290. The zero-order valence-corrected chi connectivity index (χ0v) is 14.7. The second kappa shape index (κ2) is 16.9. The Bertz CT molecular complexity index is 204. The summed E-state index contributed by atoms with van der Waals surface area (Å²) in [6, 6.07) is 0. The molecule has 0 aromatic carbocycles. The van der Waals surface area contributed by atoms with E-state index in [1.807, 2.05) is 0 Å². The van der Waals surface area contributed by atoms with Crippen molar-refractivity contribution in [2.45, 2.75) is 104 Å². The van der Waals surface area contributed by atoms with E-state index in [0.717, 1.165) is 18.1 Å². The van der Waals surface area contributed by atoms with Crippen LogP contribution in [0.15, 0.2) is 0 Å². The van der Waals surface area contributed by atoms with Crippen LogP contribution in [0.4, 0.5) is 0 Å². The van der Waals surface area contributed by atoms with Crippen LogP contribution in [0.3, 0.4) is 0 Å². The van der Waals surface area contributed by atoms with Gasteiger partial charge in [0.2, 0.25) is 0 Å². The molecular weight excluding hydrogens is 264 g/mol. The smallest absolute Gasteiger partial charge is 0.159 e. The maximum absolute atomic E-state index is 5.61. The third-order valence-electron chi connectivity index (χ3n) is 3.75. The zero-order chi connectivity index (χ0) is 14.9. The molecule has 120 valence electrons. The topological polar surface area (TPSA) is 9.23 Å². The van der Waals surface area contributed by atoms with Gasteiger partial charge in [0, 0.05) is 6.42 Å². The van der Waals surface area contributed by atoms with Crippen molar-refractivity contribution in [2.75, 3.05) is 6.61 Å². The largest absolute Gasteiger partial charge is 0.487 e. The van der Waals surface area contributed by atoms with E-state index in [1.54, 1.807) is 0 Å². The number of rotatable bonds is 15. The van der Waals surface area contributed by atoms with E-state index in [-0.39, 0.29) is 0 Å². The molecule has 0 aromatic rings. The predicted octanol–water partition coefficient (Wildman–Crippen LogP) is 6.83. The molecule has 0 fully saturated rings. The van der Waals surface area contributed by atoms with Gasteiger partial charge in [-0.15, -0.1) is 0 Å². The van der Waals surface area contributed by atoms with Gasteiger partial charge in [0.05, 0.1) is 6.61 Å². The van der Waals surface area contributed by atoms with Crippen LogP contribution in [0.1, 0.15) is 104 Å². The van der Waals surface area contributed by atoms with Crippen molar-refractivity contribution in [1.82, 2.24) is 0 Å². The molecule has 0 aliphatic carbocycles. The van der Waals surface area contributed by atoms with Gasteiger partial charge in [0.1, 0.15) is 0 Å². The van der Waals surface area contributed by atoms with E-state index in [0.29, 0.717) is 0 Å². The van der Waals surface area contributed by atoms with Crippen LogP contribution in [0.2, 0.25) is 0 Å². The Labute approximate surface area is 132 Å². The average Bonchev–Trinajstić information content (AvgIpc) is 2.45. The van der Waals surface area contributed by atoms with Crippen molar-refractivity contribution in [3.8, 4) is 0 Å². The molecule has 0 rings (SSSR count). The van der Waals surface area contributed by atoms with Crippen LogP contribution in [-0.4, -0.2) is 11.7 Å². The molecule has 0 aliphatic heterocycles. The third-order valence-corrected chi connectivity index (χ3v) is 4.07. The summed E-state index contributed by atoms with van der Waals surface area (Å²) in [4.78, 5) is 0. The average molecular weight is 301 g/mol. The van der Waals surface area contributed by atoms with E-state index in [4.69, 9.17) is 17.0 Å². The Morgan fingerprint density at radius 2 is 1.10 bits per heavy atom. The van der Waals surface area contributed by atoms with Crippen LogP contribution in [-0.2, 0) is 4.74 Å². The molecule has 0 N–H and O–H groups in total. The standard InChI is InChI=1S/C18H36OS/c1-3-5-7-9-10-11-12-13-15-17-19-18(20)16-14-8-6-4-2/h3-17H2,1-2H3. The summed E-state index contributed by atoms with van der Waals surface area (Å²) in [6.07, 6.45) is 18.3. The molecule has 0 aliphatic rings. The Morgan fingerprint density at radius 3 is 1.65 bits per heavy atom. The zero-order valence-electron chi connectivity index (χ0n) is 13.9. The van der Waals surface area contributed by atoms with Crippen molar-refractivity contribution in [2.24, 2.45) is 0 Å². The van der Waals surface area contributed by atoms with E-state index < -0.39 is 0 Å². The lowest BCUT2D eigenvalue weighted by Gasteiger charge is -2.07. The van der Waals surface area contributed by atoms with Crippen molar-refractivity contribution in [3.05, 3.63) is 0 Å². The van der Waals surface area contributed by atoms with E-state index in [9.17, 15) is 0 Å². The highest BCUT2D eigenvalue weighted by Gasteiger charge is 1.98. The molecule has 0 bridgehead atoms. The molecule has 0 unspecified atom stereocenters. The highest BCUT2D eigenvalue weighted by atomic mass is 32.1. The first-order chi connectivity index (χ1) is 9.81. The molecule has 0 amide bonds. The molecule has 0 saturated carbocycles. The Balaban J connectivity index is 3.09. The number of unbranched alkanes of at least 4 members (excludes halogenated alkanes) is 11. The van der Waals surface area contributed by atoms with Crippen molar-refractivity contribution in [1.29, 1.82) is 0 Å². The molecule has 2 heteroatoms. The van der Waals surface area contributed by atoms with Crippen molar-refractivity contribution in [3.63, 3.8) is 0 Å². The lowest BCUT2D eigenvalue weighted by Crippen LogP contribution is -2.03. The predicted molar refractivity (Wildman–Crippen MR) is 94.5 cm³/mol. The monoisotopic (exact) mass is 300 g/mol. The molecule has 20 heavy (non-hydrogen) atoms. The van der Waals surface area contributed by atoms with E-state index in [1.165, 1.54) is 83.5 Å². The quantitative estimate of drug-likeness (QED) is 0.242. The SMILES string of the molecule is CCCCCCCCCCCOC(=S)CCCCCC. The van der Waals surface area contributed by atoms with Gasteiger partial charge in [-0.05, 0) is 25.1 Å².